The van der Waals surface area contributed by atoms with Crippen LogP contribution in [-0.2, 0) is 9.63 Å². The van der Waals surface area contributed by atoms with E-state index >= 15 is 0 Å². The number of amides is 1. The van der Waals surface area contributed by atoms with Crippen LogP contribution in [0.2, 0.25) is 0 Å². The van der Waals surface area contributed by atoms with Crippen LogP contribution < -0.4 is 11.2 Å². The standard InChI is InChI=1S/C10H22N2O2/c1-4-5-6-9(11)10(13)12-14-7-8(2)3/h8-9H,4-7,11H2,1-3H3,(H,12,13). The van der Waals surface area contributed by atoms with Gasteiger partial charge in [-0.2, -0.15) is 0 Å². The van der Waals surface area contributed by atoms with Crippen LogP contribution in [0.3, 0.4) is 0 Å². The van der Waals surface area contributed by atoms with E-state index in [1.54, 1.807) is 0 Å². The molecule has 0 heterocycles. The molecule has 4 heteroatoms. The molecule has 1 unspecified atom stereocenters. The van der Waals surface area contributed by atoms with Crippen LogP contribution in [0, 0.1) is 5.92 Å². The smallest absolute Gasteiger partial charge is 0.260 e. The van der Waals surface area contributed by atoms with Crippen molar-refractivity contribution in [2.75, 3.05) is 6.61 Å². The average molecular weight is 202 g/mol. The van der Waals surface area contributed by atoms with Gasteiger partial charge in [-0.25, -0.2) is 5.48 Å². The molecule has 84 valence electrons. The number of unbranched alkanes of at least 4 members (excludes halogenated alkanes) is 1. The van der Waals surface area contributed by atoms with E-state index < -0.39 is 6.04 Å². The van der Waals surface area contributed by atoms with Crippen molar-refractivity contribution in [3.63, 3.8) is 0 Å². The first-order valence-corrected chi connectivity index (χ1v) is 5.25. The molecule has 0 aliphatic heterocycles. The Morgan fingerprint density at radius 1 is 1.50 bits per heavy atom. The number of carbonyl (C=O) groups excluding carboxylic acids is 1. The Bertz CT molecular complexity index is 160. The zero-order valence-corrected chi connectivity index (χ0v) is 9.38. The average Bonchev–Trinajstić information content (AvgIpc) is 2.13. The first-order chi connectivity index (χ1) is 6.57. The fourth-order valence-electron chi connectivity index (χ4n) is 0.910. The monoisotopic (exact) mass is 202 g/mol. The van der Waals surface area contributed by atoms with Crippen LogP contribution in [0.15, 0.2) is 0 Å². The molecule has 0 saturated heterocycles. The maximum absolute atomic E-state index is 11.3. The summed E-state index contributed by atoms with van der Waals surface area (Å²) in [4.78, 5) is 16.2. The van der Waals surface area contributed by atoms with Crippen LogP contribution in [0.5, 0.6) is 0 Å². The van der Waals surface area contributed by atoms with E-state index in [4.69, 9.17) is 10.6 Å². The molecule has 4 nitrogen and oxygen atoms in total. The van der Waals surface area contributed by atoms with Crippen molar-refractivity contribution < 1.29 is 9.63 Å². The first-order valence-electron chi connectivity index (χ1n) is 5.25. The third-order valence-corrected chi connectivity index (χ3v) is 1.79. The summed E-state index contributed by atoms with van der Waals surface area (Å²) in [5, 5.41) is 0. The summed E-state index contributed by atoms with van der Waals surface area (Å²) in [5.74, 6) is 0.182. The second kappa shape index (κ2) is 7.76. The van der Waals surface area contributed by atoms with E-state index in [2.05, 4.69) is 12.4 Å². The third-order valence-electron chi connectivity index (χ3n) is 1.79. The maximum atomic E-state index is 11.3. The molecule has 0 radical (unpaired) electrons. The lowest BCUT2D eigenvalue weighted by Gasteiger charge is -2.12. The molecule has 0 saturated carbocycles. The quantitative estimate of drug-likeness (QED) is 0.610. The number of nitrogens with one attached hydrogen (secondary N) is 1. The Hall–Kier alpha value is -0.610. The topological polar surface area (TPSA) is 64.4 Å². The fourth-order valence-corrected chi connectivity index (χ4v) is 0.910. The van der Waals surface area contributed by atoms with E-state index in [0.717, 1.165) is 12.8 Å². The summed E-state index contributed by atoms with van der Waals surface area (Å²) in [6, 6.07) is -0.442. The van der Waals surface area contributed by atoms with E-state index in [1.165, 1.54) is 0 Å². The van der Waals surface area contributed by atoms with E-state index in [1.807, 2.05) is 13.8 Å². The summed E-state index contributed by atoms with van der Waals surface area (Å²) in [6.07, 6.45) is 2.74. The van der Waals surface area contributed by atoms with Gasteiger partial charge in [-0.1, -0.05) is 33.6 Å². The molecule has 0 aromatic heterocycles. The second-order valence-corrected chi connectivity index (χ2v) is 3.92. The first kappa shape index (κ1) is 13.4. The Kier molecular flexibility index (Phi) is 7.42. The van der Waals surface area contributed by atoms with Crippen LogP contribution in [0.1, 0.15) is 40.0 Å². The third kappa shape index (κ3) is 6.86. The highest BCUT2D eigenvalue weighted by molar-refractivity contribution is 5.80. The summed E-state index contributed by atoms with van der Waals surface area (Å²) in [5.41, 5.74) is 7.99. The molecule has 0 rings (SSSR count). The molecule has 0 aliphatic rings. The number of rotatable bonds is 7. The number of hydrogen-bond acceptors (Lipinski definition) is 3. The summed E-state index contributed by atoms with van der Waals surface area (Å²) in [7, 11) is 0. The minimum absolute atomic E-state index is 0.223. The molecule has 0 bridgehead atoms. The fraction of sp³-hybridized carbons (Fsp3) is 0.900. The minimum atomic E-state index is -0.442. The molecule has 14 heavy (non-hydrogen) atoms. The zero-order chi connectivity index (χ0) is 11.0. The highest BCUT2D eigenvalue weighted by Gasteiger charge is 2.12. The second-order valence-electron chi connectivity index (χ2n) is 3.92. The molecule has 0 aromatic rings. The van der Waals surface area contributed by atoms with Crippen LogP contribution in [0.4, 0.5) is 0 Å². The number of carbonyl (C=O) groups is 1. The van der Waals surface area contributed by atoms with Gasteiger partial charge in [0.2, 0.25) is 0 Å². The van der Waals surface area contributed by atoms with Gasteiger partial charge in [0.15, 0.2) is 0 Å². The van der Waals surface area contributed by atoms with E-state index in [0.29, 0.717) is 18.9 Å². The largest absolute Gasteiger partial charge is 0.320 e. The summed E-state index contributed by atoms with van der Waals surface area (Å²) >= 11 is 0. The Balaban J connectivity index is 3.52. The SMILES string of the molecule is CCCCC(N)C(=O)NOCC(C)C. The van der Waals surface area contributed by atoms with Gasteiger partial charge in [0.1, 0.15) is 0 Å². The Morgan fingerprint density at radius 3 is 2.64 bits per heavy atom. The summed E-state index contributed by atoms with van der Waals surface area (Å²) < 4.78 is 0. The lowest BCUT2D eigenvalue weighted by atomic mass is 10.1. The highest BCUT2D eigenvalue weighted by Crippen LogP contribution is 1.98. The zero-order valence-electron chi connectivity index (χ0n) is 9.38. The van der Waals surface area contributed by atoms with Crippen molar-refractivity contribution in [3.05, 3.63) is 0 Å². The molecule has 1 amide bonds. The molecule has 0 spiro atoms. The van der Waals surface area contributed by atoms with Gasteiger partial charge in [-0.05, 0) is 12.3 Å². The van der Waals surface area contributed by atoms with Crippen molar-refractivity contribution in [2.24, 2.45) is 11.7 Å². The predicted octanol–water partition coefficient (Wildman–Crippen LogP) is 1.21. The van der Waals surface area contributed by atoms with Crippen molar-refractivity contribution in [2.45, 2.75) is 46.1 Å². The Morgan fingerprint density at radius 2 is 2.14 bits per heavy atom. The van der Waals surface area contributed by atoms with Crippen molar-refractivity contribution in [1.29, 1.82) is 0 Å². The molecular formula is C10H22N2O2. The summed E-state index contributed by atoms with van der Waals surface area (Å²) in [6.45, 7) is 6.62. The molecule has 0 fully saturated rings. The molecule has 1 atom stereocenters. The number of hydrogen-bond donors (Lipinski definition) is 2. The molecule has 0 aromatic carbocycles. The maximum Gasteiger partial charge on any atom is 0.260 e. The van der Waals surface area contributed by atoms with E-state index in [-0.39, 0.29) is 5.91 Å². The normalized spacial score (nSPS) is 12.9. The predicted molar refractivity (Wildman–Crippen MR) is 56.4 cm³/mol. The number of nitrogens with two attached hydrogens (primary N) is 1. The van der Waals surface area contributed by atoms with Crippen molar-refractivity contribution in [3.8, 4) is 0 Å². The van der Waals surface area contributed by atoms with Gasteiger partial charge in [-0.3, -0.25) is 9.63 Å². The van der Waals surface area contributed by atoms with Gasteiger partial charge >= 0.3 is 0 Å². The van der Waals surface area contributed by atoms with Gasteiger partial charge in [0.25, 0.3) is 5.91 Å². The molecule has 0 aliphatic carbocycles. The lowest BCUT2D eigenvalue weighted by molar-refractivity contribution is -0.135. The lowest BCUT2D eigenvalue weighted by Crippen LogP contribution is -2.40. The van der Waals surface area contributed by atoms with Crippen molar-refractivity contribution >= 4 is 5.91 Å². The molecular weight excluding hydrogens is 180 g/mol. The van der Waals surface area contributed by atoms with Crippen molar-refractivity contribution in [1.82, 2.24) is 5.48 Å². The highest BCUT2D eigenvalue weighted by atomic mass is 16.7. The molecule has 3 N–H and O–H groups in total. The minimum Gasteiger partial charge on any atom is -0.320 e. The van der Waals surface area contributed by atoms with Gasteiger partial charge < -0.3 is 5.73 Å². The van der Waals surface area contributed by atoms with Gasteiger partial charge in [0, 0.05) is 0 Å². The number of hydroxylamine groups is 1. The van der Waals surface area contributed by atoms with Crippen LogP contribution in [0.25, 0.3) is 0 Å². The van der Waals surface area contributed by atoms with E-state index in [9.17, 15) is 4.79 Å². The van der Waals surface area contributed by atoms with Crippen LogP contribution >= 0.6 is 0 Å². The van der Waals surface area contributed by atoms with Gasteiger partial charge in [0.05, 0.1) is 12.6 Å². The van der Waals surface area contributed by atoms with Crippen LogP contribution in [-0.4, -0.2) is 18.6 Å². The Labute approximate surface area is 86.1 Å². The van der Waals surface area contributed by atoms with Gasteiger partial charge in [-0.15, -0.1) is 0 Å².